The van der Waals surface area contributed by atoms with E-state index in [-0.39, 0.29) is 11.7 Å². The molecule has 2 aromatic carbocycles. The minimum absolute atomic E-state index is 0.194. The van der Waals surface area contributed by atoms with E-state index in [1.807, 2.05) is 42.0 Å². The molecule has 0 spiro atoms. The molecule has 8 heteroatoms. The van der Waals surface area contributed by atoms with E-state index in [0.29, 0.717) is 24.1 Å². The molecule has 2 heterocycles. The number of ether oxygens (including phenoxy) is 1. The van der Waals surface area contributed by atoms with E-state index in [1.165, 1.54) is 12.1 Å². The van der Waals surface area contributed by atoms with E-state index >= 15 is 0 Å². The zero-order chi connectivity index (χ0) is 22.5. The quantitative estimate of drug-likeness (QED) is 0.323. The first-order valence-corrected chi connectivity index (χ1v) is 10.6. The molecule has 0 aliphatic heterocycles. The highest BCUT2D eigenvalue weighted by Crippen LogP contribution is 2.29. The highest BCUT2D eigenvalue weighted by Gasteiger charge is 2.20. The van der Waals surface area contributed by atoms with Gasteiger partial charge in [-0.2, -0.15) is 0 Å². The molecule has 1 atom stereocenters. The third kappa shape index (κ3) is 4.73. The van der Waals surface area contributed by atoms with Gasteiger partial charge in [-0.25, -0.2) is 9.37 Å². The number of methoxy groups -OCH3 is 1. The first kappa shape index (κ1) is 21.8. The Morgan fingerprint density at radius 2 is 1.97 bits per heavy atom. The maximum absolute atomic E-state index is 13.3. The molecule has 0 amide bonds. The molecule has 1 unspecified atom stereocenters. The van der Waals surface area contributed by atoms with Crippen molar-refractivity contribution in [1.82, 2.24) is 19.7 Å². The van der Waals surface area contributed by atoms with Crippen molar-refractivity contribution in [3.8, 4) is 11.4 Å². The van der Waals surface area contributed by atoms with Gasteiger partial charge in [-0.05, 0) is 54.8 Å². The number of alkyl halides is 1. The molecular weight excluding hydrogens is 431 g/mol. The summed E-state index contributed by atoms with van der Waals surface area (Å²) in [5, 5.41) is 8.31. The Hall–Kier alpha value is -3.45. The molecule has 4 aromatic rings. The molecule has 2 aromatic heterocycles. The molecule has 0 N–H and O–H groups in total. The SMILES string of the molecule is COc1cc(C=Cc2nnc(C(CCCl)c3ccc(F)cc3)o2)ccc1-n1ccnc1C. The van der Waals surface area contributed by atoms with Crippen LogP contribution in [0.3, 0.4) is 0 Å². The summed E-state index contributed by atoms with van der Waals surface area (Å²) in [6.07, 6.45) is 7.86. The average Bonchev–Trinajstić information content (AvgIpc) is 3.45. The van der Waals surface area contributed by atoms with E-state index in [0.717, 1.165) is 28.4 Å². The Morgan fingerprint density at radius 1 is 1.16 bits per heavy atom. The van der Waals surface area contributed by atoms with Gasteiger partial charge in [-0.1, -0.05) is 18.2 Å². The van der Waals surface area contributed by atoms with Gasteiger partial charge in [-0.15, -0.1) is 21.8 Å². The second kappa shape index (κ2) is 9.78. The fourth-order valence-electron chi connectivity index (χ4n) is 3.49. The monoisotopic (exact) mass is 452 g/mol. The highest BCUT2D eigenvalue weighted by molar-refractivity contribution is 6.17. The minimum Gasteiger partial charge on any atom is -0.495 e. The Morgan fingerprint density at radius 3 is 2.66 bits per heavy atom. The van der Waals surface area contributed by atoms with Crippen LogP contribution in [-0.4, -0.2) is 32.7 Å². The predicted molar refractivity (Wildman–Crippen MR) is 122 cm³/mol. The molecule has 4 rings (SSSR count). The van der Waals surface area contributed by atoms with Crippen LogP contribution in [0.1, 0.15) is 41.1 Å². The number of benzene rings is 2. The number of halogens is 2. The second-order valence-electron chi connectivity index (χ2n) is 7.17. The van der Waals surface area contributed by atoms with Crippen molar-refractivity contribution in [1.29, 1.82) is 0 Å². The Labute approximate surface area is 190 Å². The Balaban J connectivity index is 1.55. The second-order valence-corrected chi connectivity index (χ2v) is 7.55. The lowest BCUT2D eigenvalue weighted by atomic mass is 9.96. The van der Waals surface area contributed by atoms with Crippen molar-refractivity contribution in [2.45, 2.75) is 19.3 Å². The van der Waals surface area contributed by atoms with Crippen LogP contribution in [0, 0.1) is 12.7 Å². The minimum atomic E-state index is -0.294. The van der Waals surface area contributed by atoms with Gasteiger partial charge in [0.1, 0.15) is 17.4 Å². The third-order valence-corrected chi connectivity index (χ3v) is 5.35. The van der Waals surface area contributed by atoms with Crippen LogP contribution >= 0.6 is 11.6 Å². The summed E-state index contributed by atoms with van der Waals surface area (Å²) in [5.41, 5.74) is 2.70. The van der Waals surface area contributed by atoms with Crippen molar-refractivity contribution in [2.24, 2.45) is 0 Å². The lowest BCUT2D eigenvalue weighted by molar-refractivity contribution is 0.412. The molecule has 0 aliphatic rings. The molecule has 0 saturated heterocycles. The Bertz CT molecular complexity index is 1220. The molecule has 0 fully saturated rings. The summed E-state index contributed by atoms with van der Waals surface area (Å²) in [6, 6.07) is 12.1. The summed E-state index contributed by atoms with van der Waals surface area (Å²) in [6.45, 7) is 1.93. The van der Waals surface area contributed by atoms with Gasteiger partial charge >= 0.3 is 0 Å². The first-order chi connectivity index (χ1) is 15.6. The van der Waals surface area contributed by atoms with Crippen molar-refractivity contribution < 1.29 is 13.5 Å². The lowest BCUT2D eigenvalue weighted by Crippen LogP contribution is -2.03. The van der Waals surface area contributed by atoms with Crippen molar-refractivity contribution in [2.75, 3.05) is 13.0 Å². The molecular formula is C24H22ClFN4O2. The van der Waals surface area contributed by atoms with Crippen molar-refractivity contribution >= 4 is 23.8 Å². The van der Waals surface area contributed by atoms with Crippen LogP contribution in [0.4, 0.5) is 4.39 Å². The molecule has 0 radical (unpaired) electrons. The number of hydrogen-bond acceptors (Lipinski definition) is 5. The average molecular weight is 453 g/mol. The normalized spacial score (nSPS) is 12.4. The summed E-state index contributed by atoms with van der Waals surface area (Å²) in [4.78, 5) is 4.26. The number of hydrogen-bond donors (Lipinski definition) is 0. The molecule has 6 nitrogen and oxygen atoms in total. The van der Waals surface area contributed by atoms with Crippen LogP contribution < -0.4 is 4.74 Å². The van der Waals surface area contributed by atoms with Crippen LogP contribution in [0.2, 0.25) is 0 Å². The smallest absolute Gasteiger partial charge is 0.240 e. The van der Waals surface area contributed by atoms with Gasteiger partial charge in [0.2, 0.25) is 11.8 Å². The van der Waals surface area contributed by atoms with E-state index in [2.05, 4.69) is 15.2 Å². The predicted octanol–water partition coefficient (Wildman–Crippen LogP) is 5.64. The van der Waals surface area contributed by atoms with Crippen molar-refractivity contribution in [3.05, 3.63) is 89.4 Å². The zero-order valence-corrected chi connectivity index (χ0v) is 18.5. The molecule has 32 heavy (non-hydrogen) atoms. The van der Waals surface area contributed by atoms with Gasteiger partial charge in [-0.3, -0.25) is 0 Å². The molecule has 164 valence electrons. The first-order valence-electron chi connectivity index (χ1n) is 10.1. The maximum Gasteiger partial charge on any atom is 0.240 e. The van der Waals surface area contributed by atoms with E-state index in [4.69, 9.17) is 20.8 Å². The lowest BCUT2D eigenvalue weighted by Gasteiger charge is -2.11. The van der Waals surface area contributed by atoms with Gasteiger partial charge in [0, 0.05) is 24.3 Å². The van der Waals surface area contributed by atoms with Gasteiger partial charge in [0.05, 0.1) is 18.7 Å². The van der Waals surface area contributed by atoms with E-state index < -0.39 is 0 Å². The van der Waals surface area contributed by atoms with Gasteiger partial charge in [0.25, 0.3) is 0 Å². The fourth-order valence-corrected chi connectivity index (χ4v) is 3.71. The summed E-state index contributed by atoms with van der Waals surface area (Å²) < 4.78 is 26.7. The summed E-state index contributed by atoms with van der Waals surface area (Å²) in [5.74, 6) is 2.34. The largest absolute Gasteiger partial charge is 0.495 e. The van der Waals surface area contributed by atoms with Crippen LogP contribution in [-0.2, 0) is 0 Å². The fraction of sp³-hybridized carbons (Fsp3) is 0.208. The number of rotatable bonds is 8. The Kier molecular flexibility index (Phi) is 6.66. The standard InChI is InChI=1S/C24H22ClFN4O2/c1-16-27-13-14-30(16)21-9-3-17(15-22(21)31-2)4-10-23-28-29-24(32-23)20(11-12-25)18-5-7-19(26)8-6-18/h3-10,13-15,20H,11-12H2,1-2H3. The molecule has 0 aliphatic carbocycles. The van der Waals surface area contributed by atoms with Gasteiger partial charge in [0.15, 0.2) is 0 Å². The summed E-state index contributed by atoms with van der Waals surface area (Å²) >= 11 is 5.97. The van der Waals surface area contributed by atoms with Gasteiger partial charge < -0.3 is 13.7 Å². The van der Waals surface area contributed by atoms with Crippen molar-refractivity contribution in [3.63, 3.8) is 0 Å². The van der Waals surface area contributed by atoms with Crippen LogP contribution in [0.5, 0.6) is 5.75 Å². The molecule has 0 bridgehead atoms. The highest BCUT2D eigenvalue weighted by atomic mass is 35.5. The number of aromatic nitrogens is 4. The van der Waals surface area contributed by atoms with E-state index in [9.17, 15) is 4.39 Å². The van der Waals surface area contributed by atoms with Crippen LogP contribution in [0.15, 0.2) is 59.3 Å². The van der Waals surface area contributed by atoms with E-state index in [1.54, 1.807) is 31.5 Å². The number of nitrogens with zero attached hydrogens (tertiary/aromatic N) is 4. The maximum atomic E-state index is 13.3. The summed E-state index contributed by atoms with van der Waals surface area (Å²) in [7, 11) is 1.63. The van der Waals surface area contributed by atoms with Crippen LogP contribution in [0.25, 0.3) is 17.8 Å². The number of aryl methyl sites for hydroxylation is 1. The zero-order valence-electron chi connectivity index (χ0n) is 17.7. The number of imidazole rings is 1. The third-order valence-electron chi connectivity index (χ3n) is 5.13. The molecule has 0 saturated carbocycles. The topological polar surface area (TPSA) is 66.0 Å².